The summed E-state index contributed by atoms with van der Waals surface area (Å²) < 4.78 is 5.61. The van der Waals surface area contributed by atoms with Gasteiger partial charge in [-0.2, -0.15) is 0 Å². The van der Waals surface area contributed by atoms with E-state index in [9.17, 15) is 4.79 Å². The molecule has 1 fully saturated rings. The van der Waals surface area contributed by atoms with Crippen LogP contribution in [0.2, 0.25) is 0 Å². The van der Waals surface area contributed by atoms with Crippen molar-refractivity contribution >= 4 is 35.8 Å². The minimum Gasteiger partial charge on any atom is -0.381 e. The number of aliphatic imine (C=N–C) groups is 1. The van der Waals surface area contributed by atoms with Gasteiger partial charge in [-0.05, 0) is 44.2 Å². The van der Waals surface area contributed by atoms with E-state index in [2.05, 4.69) is 20.9 Å². The molecule has 0 spiro atoms. The standard InChI is InChI=1S/C19H30N4O2.HI/c1-2-20-19(22-11-6-14-25-15-16-9-10-16)23-13-12-21-18(24)17-7-4-3-5-8-17;/h3-5,7-8,16H,2,6,9-15H2,1H3,(H,21,24)(H2,20,22,23);1H. The molecule has 146 valence electrons. The number of carbonyl (C=O) groups is 1. The number of halogens is 1. The van der Waals surface area contributed by atoms with E-state index in [1.807, 2.05) is 25.1 Å². The summed E-state index contributed by atoms with van der Waals surface area (Å²) in [6.07, 6.45) is 3.58. The van der Waals surface area contributed by atoms with Crippen molar-refractivity contribution in [3.05, 3.63) is 35.9 Å². The maximum absolute atomic E-state index is 11.9. The van der Waals surface area contributed by atoms with Gasteiger partial charge in [-0.15, -0.1) is 24.0 Å². The second kappa shape index (κ2) is 13.8. The van der Waals surface area contributed by atoms with Crippen LogP contribution in [0.1, 0.15) is 36.5 Å². The van der Waals surface area contributed by atoms with Crippen molar-refractivity contribution in [2.45, 2.75) is 26.2 Å². The smallest absolute Gasteiger partial charge is 0.251 e. The Labute approximate surface area is 173 Å². The molecular weight excluding hydrogens is 443 g/mol. The average molecular weight is 474 g/mol. The number of guanidine groups is 1. The first-order chi connectivity index (χ1) is 12.3. The molecule has 1 aliphatic carbocycles. The molecule has 6 nitrogen and oxygen atoms in total. The van der Waals surface area contributed by atoms with E-state index in [-0.39, 0.29) is 29.9 Å². The van der Waals surface area contributed by atoms with Gasteiger partial charge in [0.15, 0.2) is 5.96 Å². The van der Waals surface area contributed by atoms with Crippen molar-refractivity contribution in [1.29, 1.82) is 0 Å². The quantitative estimate of drug-likeness (QED) is 0.199. The summed E-state index contributed by atoms with van der Waals surface area (Å²) in [6, 6.07) is 9.22. The SMILES string of the molecule is CCNC(=NCCCOCC1CC1)NCCNC(=O)c1ccccc1.I. The van der Waals surface area contributed by atoms with Gasteiger partial charge in [0.1, 0.15) is 0 Å². The molecule has 0 unspecified atom stereocenters. The zero-order valence-corrected chi connectivity index (χ0v) is 17.8. The second-order valence-electron chi connectivity index (χ2n) is 6.18. The van der Waals surface area contributed by atoms with Gasteiger partial charge in [-0.1, -0.05) is 18.2 Å². The van der Waals surface area contributed by atoms with E-state index in [1.54, 1.807) is 12.1 Å². The maximum atomic E-state index is 11.9. The fourth-order valence-corrected chi connectivity index (χ4v) is 2.28. The molecule has 1 saturated carbocycles. The van der Waals surface area contributed by atoms with Gasteiger partial charge in [0.2, 0.25) is 0 Å². The van der Waals surface area contributed by atoms with Crippen molar-refractivity contribution in [1.82, 2.24) is 16.0 Å². The van der Waals surface area contributed by atoms with E-state index in [4.69, 9.17) is 4.74 Å². The molecular formula is C19H31IN4O2. The average Bonchev–Trinajstić information content (AvgIpc) is 3.46. The van der Waals surface area contributed by atoms with Crippen LogP contribution in [0.4, 0.5) is 0 Å². The summed E-state index contributed by atoms with van der Waals surface area (Å²) in [6.45, 7) is 6.42. The lowest BCUT2D eigenvalue weighted by molar-refractivity contribution is 0.0954. The number of rotatable bonds is 11. The van der Waals surface area contributed by atoms with Gasteiger partial charge < -0.3 is 20.7 Å². The molecule has 26 heavy (non-hydrogen) atoms. The second-order valence-corrected chi connectivity index (χ2v) is 6.18. The van der Waals surface area contributed by atoms with Gasteiger partial charge in [0.25, 0.3) is 5.91 Å². The van der Waals surface area contributed by atoms with Gasteiger partial charge in [0.05, 0.1) is 0 Å². The van der Waals surface area contributed by atoms with E-state index in [1.165, 1.54) is 12.8 Å². The molecule has 0 aliphatic heterocycles. The third-order valence-electron chi connectivity index (χ3n) is 3.85. The van der Waals surface area contributed by atoms with E-state index >= 15 is 0 Å². The molecule has 0 saturated heterocycles. The Bertz CT molecular complexity index is 536. The van der Waals surface area contributed by atoms with Crippen LogP contribution in [0.3, 0.4) is 0 Å². The Hall–Kier alpha value is -1.35. The van der Waals surface area contributed by atoms with Crippen molar-refractivity contribution in [3.8, 4) is 0 Å². The third-order valence-corrected chi connectivity index (χ3v) is 3.85. The lowest BCUT2D eigenvalue weighted by Gasteiger charge is -2.12. The number of nitrogens with zero attached hydrogens (tertiary/aromatic N) is 1. The molecule has 0 aromatic heterocycles. The summed E-state index contributed by atoms with van der Waals surface area (Å²) in [5, 5.41) is 9.33. The minimum absolute atomic E-state index is 0. The molecule has 7 heteroatoms. The lowest BCUT2D eigenvalue weighted by atomic mass is 10.2. The van der Waals surface area contributed by atoms with Gasteiger partial charge >= 0.3 is 0 Å². The first-order valence-corrected chi connectivity index (χ1v) is 9.22. The predicted octanol–water partition coefficient (Wildman–Crippen LogP) is 2.41. The number of hydrogen-bond acceptors (Lipinski definition) is 3. The molecule has 2 rings (SSSR count). The van der Waals surface area contributed by atoms with Gasteiger partial charge in [0, 0.05) is 45.0 Å². The number of carbonyl (C=O) groups excluding carboxylic acids is 1. The maximum Gasteiger partial charge on any atom is 0.251 e. The van der Waals surface area contributed by atoms with E-state index in [0.717, 1.165) is 44.6 Å². The summed E-state index contributed by atoms with van der Waals surface area (Å²) >= 11 is 0. The van der Waals surface area contributed by atoms with Crippen LogP contribution < -0.4 is 16.0 Å². The fraction of sp³-hybridized carbons (Fsp3) is 0.579. The molecule has 0 bridgehead atoms. The summed E-state index contributed by atoms with van der Waals surface area (Å²) in [7, 11) is 0. The Morgan fingerprint density at radius 1 is 1.15 bits per heavy atom. The molecule has 1 aliphatic rings. The minimum atomic E-state index is -0.0582. The van der Waals surface area contributed by atoms with Crippen molar-refractivity contribution < 1.29 is 9.53 Å². The van der Waals surface area contributed by atoms with Crippen LogP contribution in [0.25, 0.3) is 0 Å². The van der Waals surface area contributed by atoms with Crippen molar-refractivity contribution in [2.24, 2.45) is 10.9 Å². The Balaban J connectivity index is 0.00000338. The molecule has 1 amide bonds. The number of nitrogens with one attached hydrogen (secondary N) is 3. The topological polar surface area (TPSA) is 74.8 Å². The lowest BCUT2D eigenvalue weighted by Crippen LogP contribution is -2.41. The van der Waals surface area contributed by atoms with E-state index in [0.29, 0.717) is 18.7 Å². The largest absolute Gasteiger partial charge is 0.381 e. The third kappa shape index (κ3) is 9.96. The van der Waals surface area contributed by atoms with Crippen LogP contribution in [0.15, 0.2) is 35.3 Å². The predicted molar refractivity (Wildman–Crippen MR) is 116 cm³/mol. The first-order valence-electron chi connectivity index (χ1n) is 9.22. The highest BCUT2D eigenvalue weighted by atomic mass is 127. The van der Waals surface area contributed by atoms with Crippen LogP contribution >= 0.6 is 24.0 Å². The highest BCUT2D eigenvalue weighted by molar-refractivity contribution is 14.0. The molecule has 0 atom stereocenters. The van der Waals surface area contributed by atoms with Gasteiger partial charge in [-0.25, -0.2) is 0 Å². The number of hydrogen-bond donors (Lipinski definition) is 3. The molecule has 0 radical (unpaired) electrons. The number of benzene rings is 1. The normalized spacial score (nSPS) is 13.7. The molecule has 1 aromatic rings. The molecule has 1 aromatic carbocycles. The fourth-order valence-electron chi connectivity index (χ4n) is 2.28. The van der Waals surface area contributed by atoms with Crippen LogP contribution in [0, 0.1) is 5.92 Å². The van der Waals surface area contributed by atoms with Crippen LogP contribution in [0.5, 0.6) is 0 Å². The van der Waals surface area contributed by atoms with E-state index < -0.39 is 0 Å². The first kappa shape index (κ1) is 22.7. The highest BCUT2D eigenvalue weighted by Gasteiger charge is 2.20. The summed E-state index contributed by atoms with van der Waals surface area (Å²) in [5.74, 6) is 1.53. The van der Waals surface area contributed by atoms with Crippen molar-refractivity contribution in [3.63, 3.8) is 0 Å². The summed E-state index contributed by atoms with van der Waals surface area (Å²) in [4.78, 5) is 16.5. The van der Waals surface area contributed by atoms with Crippen molar-refractivity contribution in [2.75, 3.05) is 39.4 Å². The monoisotopic (exact) mass is 474 g/mol. The van der Waals surface area contributed by atoms with Crippen LogP contribution in [-0.4, -0.2) is 51.3 Å². The van der Waals surface area contributed by atoms with Gasteiger partial charge in [-0.3, -0.25) is 9.79 Å². The molecule has 0 heterocycles. The summed E-state index contributed by atoms with van der Waals surface area (Å²) in [5.41, 5.74) is 0.675. The Kier molecular flexibility index (Phi) is 12.0. The number of amides is 1. The zero-order chi connectivity index (χ0) is 17.7. The zero-order valence-electron chi connectivity index (χ0n) is 15.5. The Morgan fingerprint density at radius 3 is 2.58 bits per heavy atom. The molecule has 3 N–H and O–H groups in total. The van der Waals surface area contributed by atoms with Crippen LogP contribution in [-0.2, 0) is 4.74 Å². The highest BCUT2D eigenvalue weighted by Crippen LogP contribution is 2.28. The Morgan fingerprint density at radius 2 is 1.88 bits per heavy atom. The number of ether oxygens (including phenoxy) is 1.